The molecule has 2 rings (SSSR count). The van der Waals surface area contributed by atoms with Crippen LogP contribution in [0.1, 0.15) is 41.5 Å². The molecule has 1 unspecified atom stereocenters. The first-order valence-electron chi connectivity index (χ1n) is 8.42. The lowest BCUT2D eigenvalue weighted by atomic mass is 9.72. The highest BCUT2D eigenvalue weighted by Crippen LogP contribution is 2.44. The number of aliphatic hydroxyl groups is 1. The molecular formula is C17H30N2O5. The van der Waals surface area contributed by atoms with Crippen molar-refractivity contribution in [3.8, 4) is 0 Å². The lowest BCUT2D eigenvalue weighted by Gasteiger charge is -2.50. The number of aliphatic hydroxyl groups excluding tert-OH is 1. The maximum atomic E-state index is 12.3. The van der Waals surface area contributed by atoms with E-state index in [0.29, 0.717) is 26.2 Å². The van der Waals surface area contributed by atoms with Gasteiger partial charge in [0.2, 0.25) is 0 Å². The number of nitrogens with zero attached hydrogens (tertiary/aromatic N) is 2. The zero-order chi connectivity index (χ0) is 18.3. The highest BCUT2D eigenvalue weighted by Gasteiger charge is 2.57. The fourth-order valence-corrected chi connectivity index (χ4v) is 3.28. The van der Waals surface area contributed by atoms with Crippen molar-refractivity contribution in [2.45, 2.75) is 52.7 Å². The van der Waals surface area contributed by atoms with Crippen LogP contribution in [0.25, 0.3) is 0 Å². The number of carbonyl (C=O) groups is 2. The maximum absolute atomic E-state index is 12.3. The van der Waals surface area contributed by atoms with Crippen LogP contribution < -0.4 is 0 Å². The molecule has 2 heterocycles. The van der Waals surface area contributed by atoms with Crippen molar-refractivity contribution >= 4 is 12.2 Å². The molecule has 0 aromatic heterocycles. The van der Waals surface area contributed by atoms with E-state index in [4.69, 9.17) is 9.47 Å². The Morgan fingerprint density at radius 2 is 1.38 bits per heavy atom. The highest BCUT2D eigenvalue weighted by atomic mass is 16.6. The molecule has 2 aliphatic rings. The van der Waals surface area contributed by atoms with Crippen LogP contribution in [0.15, 0.2) is 0 Å². The van der Waals surface area contributed by atoms with E-state index in [0.717, 1.165) is 0 Å². The molecule has 0 radical (unpaired) electrons. The molecule has 0 aromatic rings. The van der Waals surface area contributed by atoms with Gasteiger partial charge in [0.05, 0.1) is 0 Å². The molecule has 2 amide bonds. The number of likely N-dealkylation sites (tertiary alicyclic amines) is 2. The summed E-state index contributed by atoms with van der Waals surface area (Å²) in [5.74, 6) is -0.0521. The molecule has 24 heavy (non-hydrogen) atoms. The summed E-state index contributed by atoms with van der Waals surface area (Å²) in [6.45, 7) is 12.9. The van der Waals surface area contributed by atoms with Crippen LogP contribution >= 0.6 is 0 Å². The summed E-state index contributed by atoms with van der Waals surface area (Å²) in [6.07, 6.45) is -0.714. The second kappa shape index (κ2) is 6.10. The van der Waals surface area contributed by atoms with Crippen molar-refractivity contribution in [2.75, 3.05) is 32.8 Å². The van der Waals surface area contributed by atoms with Gasteiger partial charge in [-0.05, 0) is 41.5 Å². The Hall–Kier alpha value is -1.50. The number of carbonyl (C=O) groups excluding carboxylic acids is 2. The first-order chi connectivity index (χ1) is 10.9. The molecule has 2 fully saturated rings. The third-order valence-corrected chi connectivity index (χ3v) is 4.35. The first-order valence-corrected chi connectivity index (χ1v) is 8.42. The van der Waals surface area contributed by atoms with Crippen molar-refractivity contribution in [2.24, 2.45) is 11.3 Å². The Balaban J connectivity index is 1.97. The van der Waals surface area contributed by atoms with Gasteiger partial charge < -0.3 is 24.4 Å². The van der Waals surface area contributed by atoms with Crippen LogP contribution in [0, 0.1) is 11.3 Å². The lowest BCUT2D eigenvalue weighted by molar-refractivity contribution is -0.0533. The molecule has 0 aromatic carbocycles. The zero-order valence-electron chi connectivity index (χ0n) is 15.6. The predicted octanol–water partition coefficient (Wildman–Crippen LogP) is 2.08. The van der Waals surface area contributed by atoms with Gasteiger partial charge in [-0.15, -0.1) is 0 Å². The van der Waals surface area contributed by atoms with Crippen LogP contribution in [-0.4, -0.2) is 71.1 Å². The fraction of sp³-hybridized carbons (Fsp3) is 0.882. The van der Waals surface area contributed by atoms with Crippen LogP contribution in [0.2, 0.25) is 0 Å². The molecule has 138 valence electrons. The minimum Gasteiger partial charge on any atom is -0.444 e. The third-order valence-electron chi connectivity index (χ3n) is 4.35. The summed E-state index contributed by atoms with van der Waals surface area (Å²) in [7, 11) is 0. The van der Waals surface area contributed by atoms with Crippen molar-refractivity contribution in [1.82, 2.24) is 9.80 Å². The van der Waals surface area contributed by atoms with E-state index in [1.54, 1.807) is 9.80 Å². The van der Waals surface area contributed by atoms with Gasteiger partial charge in [-0.25, -0.2) is 9.59 Å². The quantitative estimate of drug-likeness (QED) is 0.789. The predicted molar refractivity (Wildman–Crippen MR) is 88.6 cm³/mol. The Labute approximate surface area is 143 Å². The molecule has 0 aliphatic carbocycles. The second-order valence-electron chi connectivity index (χ2n) is 8.94. The normalized spacial score (nSPS) is 23.2. The van der Waals surface area contributed by atoms with Gasteiger partial charge in [-0.2, -0.15) is 0 Å². The molecule has 1 atom stereocenters. The van der Waals surface area contributed by atoms with E-state index in [-0.39, 0.29) is 30.1 Å². The third kappa shape index (κ3) is 4.12. The number of amides is 2. The summed E-state index contributed by atoms with van der Waals surface area (Å²) in [4.78, 5) is 27.7. The van der Waals surface area contributed by atoms with E-state index in [2.05, 4.69) is 0 Å². The molecule has 0 bridgehead atoms. The van der Waals surface area contributed by atoms with E-state index in [9.17, 15) is 14.7 Å². The lowest BCUT2D eigenvalue weighted by Crippen LogP contribution is -2.63. The van der Waals surface area contributed by atoms with Gasteiger partial charge in [0, 0.05) is 44.1 Å². The van der Waals surface area contributed by atoms with Gasteiger partial charge in [0.15, 0.2) is 0 Å². The second-order valence-corrected chi connectivity index (χ2v) is 8.94. The Bertz CT molecular complexity index is 500. The Morgan fingerprint density at radius 3 is 1.79 bits per heavy atom. The zero-order valence-corrected chi connectivity index (χ0v) is 15.6. The monoisotopic (exact) mass is 342 g/mol. The van der Waals surface area contributed by atoms with Crippen LogP contribution in [0.5, 0.6) is 0 Å². The van der Waals surface area contributed by atoms with Crippen molar-refractivity contribution < 1.29 is 24.2 Å². The topological polar surface area (TPSA) is 79.3 Å². The molecule has 7 nitrogen and oxygen atoms in total. The molecule has 1 N–H and O–H groups in total. The van der Waals surface area contributed by atoms with Gasteiger partial charge in [0.25, 0.3) is 0 Å². The summed E-state index contributed by atoms with van der Waals surface area (Å²) in [6, 6.07) is 0. The van der Waals surface area contributed by atoms with Crippen molar-refractivity contribution in [3.63, 3.8) is 0 Å². The first kappa shape index (κ1) is 18.8. The van der Waals surface area contributed by atoms with E-state index < -0.39 is 11.2 Å². The summed E-state index contributed by atoms with van der Waals surface area (Å²) in [5.41, 5.74) is -1.35. The van der Waals surface area contributed by atoms with E-state index in [1.807, 2.05) is 41.5 Å². The average molecular weight is 342 g/mol. The van der Waals surface area contributed by atoms with E-state index in [1.165, 1.54) is 0 Å². The standard InChI is InChI=1S/C17H30N2O5/c1-15(2,3)23-13(21)18-7-12(8-20)17(9-18)10-19(11-17)14(22)24-16(4,5)6/h12,20H,7-11H2,1-6H3. The molecule has 1 spiro atoms. The average Bonchev–Trinajstić information content (AvgIpc) is 2.72. The Kier molecular flexibility index (Phi) is 4.78. The molecular weight excluding hydrogens is 312 g/mol. The minimum atomic E-state index is -0.552. The summed E-state index contributed by atoms with van der Waals surface area (Å²) >= 11 is 0. The smallest absolute Gasteiger partial charge is 0.410 e. The Morgan fingerprint density at radius 1 is 0.958 bits per heavy atom. The maximum Gasteiger partial charge on any atom is 0.410 e. The highest BCUT2D eigenvalue weighted by molar-refractivity contribution is 5.71. The number of ether oxygens (including phenoxy) is 2. The fourth-order valence-electron chi connectivity index (χ4n) is 3.28. The molecule has 2 saturated heterocycles. The number of hydrogen-bond donors (Lipinski definition) is 1. The van der Waals surface area contributed by atoms with Crippen LogP contribution in [-0.2, 0) is 9.47 Å². The van der Waals surface area contributed by atoms with Gasteiger partial charge in [-0.3, -0.25) is 0 Å². The van der Waals surface area contributed by atoms with Crippen molar-refractivity contribution in [1.29, 1.82) is 0 Å². The van der Waals surface area contributed by atoms with Gasteiger partial charge in [0.1, 0.15) is 11.2 Å². The van der Waals surface area contributed by atoms with Crippen molar-refractivity contribution in [3.05, 3.63) is 0 Å². The molecule has 0 saturated carbocycles. The molecule has 2 aliphatic heterocycles. The number of rotatable bonds is 1. The molecule has 7 heteroatoms. The summed E-state index contributed by atoms with van der Waals surface area (Å²) in [5, 5.41) is 9.70. The van der Waals surface area contributed by atoms with Gasteiger partial charge in [-0.1, -0.05) is 0 Å². The van der Waals surface area contributed by atoms with E-state index >= 15 is 0 Å². The largest absolute Gasteiger partial charge is 0.444 e. The summed E-state index contributed by atoms with van der Waals surface area (Å²) < 4.78 is 10.8. The van der Waals surface area contributed by atoms with Crippen LogP contribution in [0.3, 0.4) is 0 Å². The minimum absolute atomic E-state index is 0.0124. The number of hydrogen-bond acceptors (Lipinski definition) is 5. The van der Waals surface area contributed by atoms with Crippen LogP contribution in [0.4, 0.5) is 9.59 Å². The SMILES string of the molecule is CC(C)(C)OC(=O)N1CC(CO)C2(C1)CN(C(=O)OC(C)(C)C)C2. The van der Waals surface area contributed by atoms with Gasteiger partial charge >= 0.3 is 12.2 Å².